The zero-order valence-electron chi connectivity index (χ0n) is 13.6. The number of nitrogens with one attached hydrogen (secondary N) is 1. The molecule has 0 radical (unpaired) electrons. The number of methoxy groups -OCH3 is 1. The summed E-state index contributed by atoms with van der Waals surface area (Å²) in [4.78, 5) is 12.6. The third kappa shape index (κ3) is 3.79. The molecule has 0 bridgehead atoms. The van der Waals surface area contributed by atoms with E-state index in [-0.39, 0.29) is 23.1 Å². The van der Waals surface area contributed by atoms with E-state index in [9.17, 15) is 13.6 Å². The van der Waals surface area contributed by atoms with E-state index in [1.165, 1.54) is 25.3 Å². The molecule has 2 aromatic carbocycles. The van der Waals surface area contributed by atoms with Crippen molar-refractivity contribution < 1.29 is 27.5 Å². The largest absolute Gasteiger partial charge is 0.451 e. The lowest BCUT2D eigenvalue weighted by molar-refractivity contribution is -0.0497. The zero-order valence-corrected chi connectivity index (χ0v) is 14.3. The topological polar surface area (TPSA) is 60.7 Å². The Balaban J connectivity index is 1.87. The summed E-state index contributed by atoms with van der Waals surface area (Å²) in [7, 11) is 1.52. The van der Waals surface area contributed by atoms with Gasteiger partial charge in [-0.2, -0.15) is 8.78 Å². The number of fused-ring (bicyclic) bond motifs is 1. The molecule has 0 fully saturated rings. The Morgan fingerprint density at radius 1 is 1.27 bits per heavy atom. The highest BCUT2D eigenvalue weighted by Crippen LogP contribution is 2.30. The van der Waals surface area contributed by atoms with E-state index in [2.05, 4.69) is 10.1 Å². The van der Waals surface area contributed by atoms with E-state index in [1.54, 1.807) is 12.1 Å². The number of anilines is 1. The molecule has 3 aromatic rings. The van der Waals surface area contributed by atoms with Crippen LogP contribution in [0.1, 0.15) is 16.1 Å². The minimum atomic E-state index is -2.99. The van der Waals surface area contributed by atoms with Gasteiger partial charge in [-0.3, -0.25) is 4.79 Å². The van der Waals surface area contributed by atoms with E-state index in [1.807, 2.05) is 12.1 Å². The number of carbonyl (C=O) groups is 1. The molecule has 0 aliphatic heterocycles. The van der Waals surface area contributed by atoms with Crippen molar-refractivity contribution >= 4 is 34.2 Å². The van der Waals surface area contributed by atoms with Crippen molar-refractivity contribution in [2.45, 2.75) is 13.2 Å². The zero-order chi connectivity index (χ0) is 18.7. The van der Waals surface area contributed by atoms with Gasteiger partial charge < -0.3 is 19.2 Å². The maximum atomic E-state index is 12.6. The summed E-state index contributed by atoms with van der Waals surface area (Å²) in [5, 5.41) is 3.35. The minimum absolute atomic E-state index is 0.0511. The van der Waals surface area contributed by atoms with Crippen molar-refractivity contribution in [1.82, 2.24) is 0 Å². The summed E-state index contributed by atoms with van der Waals surface area (Å²) in [6.07, 6.45) is 0. The number of benzene rings is 2. The first-order valence-corrected chi connectivity index (χ1v) is 7.92. The second kappa shape index (κ2) is 7.72. The van der Waals surface area contributed by atoms with E-state index in [4.69, 9.17) is 20.8 Å². The van der Waals surface area contributed by atoms with Gasteiger partial charge in [-0.15, -0.1) is 0 Å². The highest BCUT2D eigenvalue weighted by Gasteiger charge is 2.21. The molecule has 0 spiro atoms. The van der Waals surface area contributed by atoms with Gasteiger partial charge in [-0.25, -0.2) is 0 Å². The maximum absolute atomic E-state index is 12.6. The first kappa shape index (κ1) is 18.2. The standard InChI is InChI=1S/C18H14ClF2NO4/c1-24-9-12-11-4-2-3-5-14(11)25-16(12)17(23)22-10-6-7-15(13(19)8-10)26-18(20)21/h2-8,18H,9H2,1H3,(H,22,23). The Morgan fingerprint density at radius 3 is 2.73 bits per heavy atom. The molecule has 1 heterocycles. The van der Waals surface area contributed by atoms with Crippen LogP contribution in [0.15, 0.2) is 46.9 Å². The fourth-order valence-corrected chi connectivity index (χ4v) is 2.75. The smallest absolute Gasteiger partial charge is 0.387 e. The lowest BCUT2D eigenvalue weighted by Crippen LogP contribution is -2.13. The summed E-state index contributed by atoms with van der Waals surface area (Å²) < 4.78 is 39.6. The maximum Gasteiger partial charge on any atom is 0.387 e. The number of hydrogen-bond donors (Lipinski definition) is 1. The molecule has 0 saturated carbocycles. The summed E-state index contributed by atoms with van der Waals surface area (Å²) in [6, 6.07) is 11.2. The van der Waals surface area contributed by atoms with Crippen LogP contribution >= 0.6 is 11.6 Å². The number of furan rings is 1. The van der Waals surface area contributed by atoms with E-state index >= 15 is 0 Å². The highest BCUT2D eigenvalue weighted by atomic mass is 35.5. The lowest BCUT2D eigenvalue weighted by atomic mass is 10.1. The summed E-state index contributed by atoms with van der Waals surface area (Å²) in [6.45, 7) is -2.79. The van der Waals surface area contributed by atoms with Crippen LogP contribution in [-0.2, 0) is 11.3 Å². The first-order chi connectivity index (χ1) is 12.5. The number of alkyl halides is 2. The van der Waals surface area contributed by atoms with Crippen LogP contribution in [0.2, 0.25) is 5.02 Å². The number of amides is 1. The number of rotatable bonds is 6. The molecule has 3 rings (SSSR count). The van der Waals surface area contributed by atoms with Crippen LogP contribution in [0.3, 0.4) is 0 Å². The third-order valence-corrected chi connectivity index (χ3v) is 3.89. The summed E-state index contributed by atoms with van der Waals surface area (Å²) >= 11 is 5.90. The summed E-state index contributed by atoms with van der Waals surface area (Å²) in [5.74, 6) is -0.576. The Morgan fingerprint density at radius 2 is 2.04 bits per heavy atom. The molecule has 5 nitrogen and oxygen atoms in total. The Labute approximate surface area is 152 Å². The van der Waals surface area contributed by atoms with E-state index < -0.39 is 12.5 Å². The molecule has 0 atom stereocenters. The number of halogens is 3. The van der Waals surface area contributed by atoms with Gasteiger partial charge in [0.2, 0.25) is 0 Å². The fourth-order valence-electron chi connectivity index (χ4n) is 2.53. The lowest BCUT2D eigenvalue weighted by Gasteiger charge is -2.09. The van der Waals surface area contributed by atoms with Gasteiger partial charge in [0.05, 0.1) is 11.6 Å². The predicted octanol–water partition coefficient (Wildman–Crippen LogP) is 5.09. The molecule has 1 aromatic heterocycles. The van der Waals surface area contributed by atoms with Gasteiger partial charge in [0.1, 0.15) is 11.3 Å². The first-order valence-electron chi connectivity index (χ1n) is 7.54. The molecular formula is C18H14ClF2NO4. The van der Waals surface area contributed by atoms with Crippen molar-refractivity contribution in [3.8, 4) is 5.75 Å². The molecule has 1 N–H and O–H groups in total. The molecule has 136 valence electrons. The van der Waals surface area contributed by atoms with Gasteiger partial charge in [0, 0.05) is 23.7 Å². The molecule has 0 saturated heterocycles. The molecule has 8 heteroatoms. The summed E-state index contributed by atoms with van der Waals surface area (Å²) in [5.41, 5.74) is 1.48. The van der Waals surface area contributed by atoms with Crippen LogP contribution in [0, 0.1) is 0 Å². The molecule has 1 amide bonds. The van der Waals surface area contributed by atoms with E-state index in [0.717, 1.165) is 5.39 Å². The normalized spacial score (nSPS) is 11.1. The van der Waals surface area contributed by atoms with Crippen LogP contribution < -0.4 is 10.1 Å². The van der Waals surface area contributed by atoms with Gasteiger partial charge in [-0.05, 0) is 24.3 Å². The minimum Gasteiger partial charge on any atom is -0.451 e. The van der Waals surface area contributed by atoms with Gasteiger partial charge in [-0.1, -0.05) is 29.8 Å². The SMILES string of the molecule is COCc1c(C(=O)Nc2ccc(OC(F)F)c(Cl)c2)oc2ccccc12. The van der Waals surface area contributed by atoms with Crippen LogP contribution in [0.5, 0.6) is 5.75 Å². The molecule has 26 heavy (non-hydrogen) atoms. The monoisotopic (exact) mass is 381 g/mol. The third-order valence-electron chi connectivity index (χ3n) is 3.60. The number of hydrogen-bond acceptors (Lipinski definition) is 4. The predicted molar refractivity (Wildman–Crippen MR) is 93.0 cm³/mol. The quantitative estimate of drug-likeness (QED) is 0.646. The number of para-hydroxylation sites is 1. The Hall–Kier alpha value is -2.64. The average molecular weight is 382 g/mol. The molecule has 0 unspecified atom stereocenters. The van der Waals surface area contributed by atoms with Crippen LogP contribution in [-0.4, -0.2) is 19.6 Å². The highest BCUT2D eigenvalue weighted by molar-refractivity contribution is 6.32. The molecular weight excluding hydrogens is 368 g/mol. The van der Waals surface area contributed by atoms with Gasteiger partial charge in [0.25, 0.3) is 5.91 Å². The van der Waals surface area contributed by atoms with Crippen molar-refractivity contribution in [1.29, 1.82) is 0 Å². The van der Waals surface area contributed by atoms with E-state index in [0.29, 0.717) is 16.8 Å². The van der Waals surface area contributed by atoms with Crippen molar-refractivity contribution in [3.05, 3.63) is 58.8 Å². The number of carbonyl (C=O) groups excluding carboxylic acids is 1. The second-order valence-corrected chi connectivity index (χ2v) is 5.72. The molecule has 0 aliphatic carbocycles. The van der Waals surface area contributed by atoms with Gasteiger partial charge in [0.15, 0.2) is 5.76 Å². The number of ether oxygens (including phenoxy) is 2. The van der Waals surface area contributed by atoms with Crippen LogP contribution in [0.25, 0.3) is 11.0 Å². The van der Waals surface area contributed by atoms with Crippen molar-refractivity contribution in [2.24, 2.45) is 0 Å². The Bertz CT molecular complexity index is 942. The average Bonchev–Trinajstić information content (AvgIpc) is 2.96. The van der Waals surface area contributed by atoms with Crippen molar-refractivity contribution in [2.75, 3.05) is 12.4 Å². The van der Waals surface area contributed by atoms with Crippen molar-refractivity contribution in [3.63, 3.8) is 0 Å². The fraction of sp³-hybridized carbons (Fsp3) is 0.167. The Kier molecular flexibility index (Phi) is 5.39. The second-order valence-electron chi connectivity index (χ2n) is 5.32. The molecule has 0 aliphatic rings. The van der Waals surface area contributed by atoms with Crippen LogP contribution in [0.4, 0.5) is 14.5 Å². The van der Waals surface area contributed by atoms with Gasteiger partial charge >= 0.3 is 6.61 Å².